The lowest BCUT2D eigenvalue weighted by atomic mass is 10.1. The summed E-state index contributed by atoms with van der Waals surface area (Å²) in [5, 5.41) is 9.89. The Bertz CT molecular complexity index is 829. The number of benzene rings is 1. The topological polar surface area (TPSA) is 71.8 Å². The Morgan fingerprint density at radius 1 is 1.27 bits per heavy atom. The molecule has 1 amide bonds. The molecule has 6 heteroatoms. The van der Waals surface area contributed by atoms with Gasteiger partial charge in [-0.15, -0.1) is 0 Å². The SMILES string of the molecule is Cc1cc(C=C(C#N)C(N)=O)c(C)n1-c1ccc(Cl)c(Cl)c1. The van der Waals surface area contributed by atoms with E-state index in [-0.39, 0.29) is 5.57 Å². The maximum Gasteiger partial charge on any atom is 0.259 e. The van der Waals surface area contributed by atoms with Crippen molar-refractivity contribution in [1.82, 2.24) is 4.57 Å². The second kappa shape index (κ2) is 6.27. The van der Waals surface area contributed by atoms with Crippen LogP contribution in [-0.2, 0) is 4.79 Å². The minimum absolute atomic E-state index is 0.0885. The van der Waals surface area contributed by atoms with Crippen molar-refractivity contribution < 1.29 is 4.79 Å². The molecule has 0 fully saturated rings. The number of hydrogen-bond acceptors (Lipinski definition) is 2. The van der Waals surface area contributed by atoms with Crippen LogP contribution in [0.15, 0.2) is 29.8 Å². The van der Waals surface area contributed by atoms with E-state index in [2.05, 4.69) is 0 Å². The predicted octanol–water partition coefficient (Wildman–Crippen LogP) is 3.79. The van der Waals surface area contributed by atoms with E-state index in [1.54, 1.807) is 18.2 Å². The Labute approximate surface area is 138 Å². The van der Waals surface area contributed by atoms with Gasteiger partial charge in [-0.25, -0.2) is 0 Å². The molecule has 2 N–H and O–H groups in total. The minimum atomic E-state index is -0.748. The van der Waals surface area contributed by atoms with Crippen LogP contribution >= 0.6 is 23.2 Å². The van der Waals surface area contributed by atoms with Crippen LogP contribution in [0.2, 0.25) is 10.0 Å². The van der Waals surface area contributed by atoms with Gasteiger partial charge in [-0.1, -0.05) is 23.2 Å². The Morgan fingerprint density at radius 3 is 2.50 bits per heavy atom. The Balaban J connectivity index is 2.59. The zero-order chi connectivity index (χ0) is 16.4. The highest BCUT2D eigenvalue weighted by molar-refractivity contribution is 6.42. The summed E-state index contributed by atoms with van der Waals surface area (Å²) in [6, 6.07) is 9.00. The number of aryl methyl sites for hydroxylation is 1. The van der Waals surface area contributed by atoms with Gasteiger partial charge in [-0.3, -0.25) is 4.79 Å². The van der Waals surface area contributed by atoms with Crippen molar-refractivity contribution in [3.8, 4) is 11.8 Å². The van der Waals surface area contributed by atoms with Crippen LogP contribution in [0.3, 0.4) is 0 Å². The molecule has 2 rings (SSSR count). The number of aromatic nitrogens is 1. The lowest BCUT2D eigenvalue weighted by Gasteiger charge is -2.10. The molecule has 112 valence electrons. The first kappa shape index (κ1) is 16.2. The van der Waals surface area contributed by atoms with Crippen molar-refractivity contribution >= 4 is 35.2 Å². The Hall–Kier alpha value is -2.22. The lowest BCUT2D eigenvalue weighted by molar-refractivity contribution is -0.114. The van der Waals surface area contributed by atoms with E-state index < -0.39 is 5.91 Å². The number of halogens is 2. The first-order valence-electron chi connectivity index (χ1n) is 6.41. The van der Waals surface area contributed by atoms with Crippen LogP contribution < -0.4 is 5.73 Å². The number of nitrogens with zero attached hydrogens (tertiary/aromatic N) is 2. The van der Waals surface area contributed by atoms with Gasteiger partial charge in [0.1, 0.15) is 11.6 Å². The summed E-state index contributed by atoms with van der Waals surface area (Å²) < 4.78 is 1.96. The quantitative estimate of drug-likeness (QED) is 0.685. The summed E-state index contributed by atoms with van der Waals surface area (Å²) in [5.74, 6) is -0.748. The average Bonchev–Trinajstić information content (AvgIpc) is 2.73. The van der Waals surface area contributed by atoms with Gasteiger partial charge < -0.3 is 10.3 Å². The molecule has 0 unspecified atom stereocenters. The molecule has 1 aromatic heterocycles. The second-order valence-corrected chi connectivity index (χ2v) is 5.61. The molecule has 0 aliphatic rings. The van der Waals surface area contributed by atoms with Crippen molar-refractivity contribution in [3.63, 3.8) is 0 Å². The zero-order valence-corrected chi connectivity index (χ0v) is 13.5. The number of carbonyl (C=O) groups excluding carboxylic acids is 1. The molecule has 0 saturated carbocycles. The van der Waals surface area contributed by atoms with E-state index in [1.807, 2.05) is 30.5 Å². The minimum Gasteiger partial charge on any atom is -0.365 e. The van der Waals surface area contributed by atoms with E-state index in [0.717, 1.165) is 22.6 Å². The second-order valence-electron chi connectivity index (χ2n) is 4.79. The van der Waals surface area contributed by atoms with Crippen LogP contribution in [0, 0.1) is 25.2 Å². The Kier molecular flexibility index (Phi) is 4.60. The summed E-state index contributed by atoms with van der Waals surface area (Å²) in [4.78, 5) is 11.2. The third kappa shape index (κ3) is 3.01. The van der Waals surface area contributed by atoms with E-state index in [1.165, 1.54) is 6.08 Å². The van der Waals surface area contributed by atoms with Crippen LogP contribution in [-0.4, -0.2) is 10.5 Å². The highest BCUT2D eigenvalue weighted by Gasteiger charge is 2.12. The van der Waals surface area contributed by atoms with Gasteiger partial charge in [0.15, 0.2) is 0 Å². The summed E-state index contributed by atoms with van der Waals surface area (Å²) in [6.45, 7) is 3.81. The van der Waals surface area contributed by atoms with Gasteiger partial charge in [-0.05, 0) is 49.8 Å². The van der Waals surface area contributed by atoms with E-state index in [0.29, 0.717) is 10.0 Å². The van der Waals surface area contributed by atoms with Gasteiger partial charge in [0.25, 0.3) is 5.91 Å². The lowest BCUT2D eigenvalue weighted by Crippen LogP contribution is -2.12. The molecule has 0 bridgehead atoms. The third-order valence-electron chi connectivity index (χ3n) is 3.32. The summed E-state index contributed by atoms with van der Waals surface area (Å²) in [5.41, 5.74) is 8.48. The molecule has 1 heterocycles. The molecule has 1 aromatic carbocycles. The largest absolute Gasteiger partial charge is 0.365 e. The maximum absolute atomic E-state index is 11.2. The first-order chi connectivity index (χ1) is 10.3. The zero-order valence-electron chi connectivity index (χ0n) is 12.0. The third-order valence-corrected chi connectivity index (χ3v) is 4.06. The summed E-state index contributed by atoms with van der Waals surface area (Å²) in [6.07, 6.45) is 1.48. The number of primary amides is 1. The van der Waals surface area contributed by atoms with Gasteiger partial charge in [0.05, 0.1) is 10.0 Å². The molecule has 4 nitrogen and oxygen atoms in total. The fraction of sp³-hybridized carbons (Fsp3) is 0.125. The molecule has 0 aliphatic carbocycles. The molecule has 22 heavy (non-hydrogen) atoms. The maximum atomic E-state index is 11.2. The van der Waals surface area contributed by atoms with Gasteiger partial charge >= 0.3 is 0 Å². The molecule has 0 saturated heterocycles. The van der Waals surface area contributed by atoms with Crippen LogP contribution in [0.5, 0.6) is 0 Å². The number of amides is 1. The number of hydrogen-bond donors (Lipinski definition) is 1. The van der Waals surface area contributed by atoms with Crippen molar-refractivity contribution in [2.75, 3.05) is 0 Å². The van der Waals surface area contributed by atoms with E-state index in [9.17, 15) is 4.79 Å². The van der Waals surface area contributed by atoms with Crippen molar-refractivity contribution in [2.45, 2.75) is 13.8 Å². The number of nitriles is 1. The fourth-order valence-corrected chi connectivity index (χ4v) is 2.56. The standard InChI is InChI=1S/C16H13Cl2N3O/c1-9-5-11(6-12(8-19)16(20)22)10(2)21(9)13-3-4-14(17)15(18)7-13/h3-7H,1-2H3,(H2,20,22). The Morgan fingerprint density at radius 2 is 1.95 bits per heavy atom. The van der Waals surface area contributed by atoms with E-state index in [4.69, 9.17) is 34.2 Å². The molecule has 0 aliphatic heterocycles. The average molecular weight is 334 g/mol. The van der Waals surface area contributed by atoms with Gasteiger partial charge in [0.2, 0.25) is 0 Å². The van der Waals surface area contributed by atoms with E-state index >= 15 is 0 Å². The molecular weight excluding hydrogens is 321 g/mol. The smallest absolute Gasteiger partial charge is 0.259 e. The normalized spacial score (nSPS) is 11.3. The van der Waals surface area contributed by atoms with Crippen LogP contribution in [0.1, 0.15) is 17.0 Å². The predicted molar refractivity (Wildman–Crippen MR) is 88.0 cm³/mol. The van der Waals surface area contributed by atoms with Crippen LogP contribution in [0.4, 0.5) is 0 Å². The highest BCUT2D eigenvalue weighted by Crippen LogP contribution is 2.28. The molecular formula is C16H13Cl2N3O. The number of carbonyl (C=O) groups is 1. The van der Waals surface area contributed by atoms with Crippen molar-refractivity contribution in [2.24, 2.45) is 5.73 Å². The molecule has 2 aromatic rings. The fourth-order valence-electron chi connectivity index (χ4n) is 2.27. The van der Waals surface area contributed by atoms with Gasteiger partial charge in [-0.2, -0.15) is 5.26 Å². The van der Waals surface area contributed by atoms with Gasteiger partial charge in [0, 0.05) is 17.1 Å². The first-order valence-corrected chi connectivity index (χ1v) is 7.16. The van der Waals surface area contributed by atoms with Crippen molar-refractivity contribution in [1.29, 1.82) is 5.26 Å². The number of nitrogens with two attached hydrogens (primary N) is 1. The number of rotatable bonds is 3. The monoisotopic (exact) mass is 333 g/mol. The highest BCUT2D eigenvalue weighted by atomic mass is 35.5. The van der Waals surface area contributed by atoms with Crippen LogP contribution in [0.25, 0.3) is 11.8 Å². The summed E-state index contributed by atoms with van der Waals surface area (Å²) >= 11 is 12.0. The summed E-state index contributed by atoms with van der Waals surface area (Å²) in [7, 11) is 0. The molecule has 0 radical (unpaired) electrons. The van der Waals surface area contributed by atoms with Crippen molar-refractivity contribution in [3.05, 3.63) is 56.8 Å². The molecule has 0 atom stereocenters. The molecule has 0 spiro atoms.